The summed E-state index contributed by atoms with van der Waals surface area (Å²) in [5.41, 5.74) is 14.3. The number of carbonyl (C=O) groups excluding carboxylic acids is 9. The number of fused-ring (bicyclic) bond motifs is 3. The fourth-order valence-electron chi connectivity index (χ4n) is 20.2. The highest BCUT2D eigenvalue weighted by molar-refractivity contribution is 6.02. The normalized spacial score (nSPS) is 12.2. The van der Waals surface area contributed by atoms with Gasteiger partial charge in [0.05, 0.1) is 19.3 Å². The third-order valence-electron chi connectivity index (χ3n) is 27.4. The topological polar surface area (TPSA) is 309 Å². The van der Waals surface area contributed by atoms with Gasteiger partial charge in [-0.1, -0.05) is 364 Å². The summed E-state index contributed by atoms with van der Waals surface area (Å²) in [7, 11) is 0. The van der Waals surface area contributed by atoms with Crippen LogP contribution >= 0.6 is 0 Å². The zero-order valence-electron chi connectivity index (χ0n) is 80.7. The summed E-state index contributed by atoms with van der Waals surface area (Å²) in [4.78, 5) is 145. The molecule has 0 bridgehead atoms. The number of H-pyrrole nitrogens is 3. The standard InChI is InChI=1S/C124H112N12O9/c1-82-103(100-55-31-34-58-106(100)125-82)79-115(140)131-109(73-76-112(137)134-122(88-37-13-4-14-38-88,89-39-15-5-16-40-89)90-41-17-6-18-42-90)119(143)128-97-67-61-85(62-68-97)118(86-63-69-98(70-64-86)129-120(144)110(132-116(141)80-104-83(2)126-107-59-35-32-56-101(104)107)74-77-113(138)135-123(91-43-19-7-20-44-91,92-45-21-8-22-46-92)93-47-23-9-24-48-93)87-65-71-99(72-66-87)130-121(145)111(133-117(142)81-105-84(3)127-108-60-36-33-57-102(105)108)75-78-114(139)136-124(94-49-25-10-26-50-94,95-51-27-11-28-52-95)96-53-29-12-30-54-96/h4-72,109-111,118,125-127H,73-81H2,1-3H3,(H,128,143)(H,129,144)(H,130,145)(H,131,140)(H,132,141)(H,133,142)(H,134,137)(H,135,138)(H,136,139)/t109-,110-,111-/m0/s1. The van der Waals surface area contributed by atoms with Crippen LogP contribution in [0.15, 0.2) is 419 Å². The van der Waals surface area contributed by atoms with Crippen LogP contribution in [0.4, 0.5) is 17.1 Å². The first-order chi connectivity index (χ1) is 70.8. The second-order valence-electron chi connectivity index (χ2n) is 36.8. The van der Waals surface area contributed by atoms with Crippen molar-refractivity contribution < 1.29 is 43.2 Å². The van der Waals surface area contributed by atoms with Gasteiger partial charge in [0.15, 0.2) is 0 Å². The van der Waals surface area contributed by atoms with E-state index in [4.69, 9.17) is 0 Å². The minimum absolute atomic E-state index is 0.0659. The Kier molecular flexibility index (Phi) is 30.0. The molecular weight excluding hydrogens is 1800 g/mol. The Hall–Kier alpha value is -17.9. The lowest BCUT2D eigenvalue weighted by Gasteiger charge is -2.37. The lowest BCUT2D eigenvalue weighted by Crippen LogP contribution is -2.49. The molecule has 0 radical (unpaired) electrons. The van der Waals surface area contributed by atoms with Gasteiger partial charge in [-0.2, -0.15) is 0 Å². The molecule has 3 heterocycles. The molecule has 0 saturated carbocycles. The lowest BCUT2D eigenvalue weighted by atomic mass is 9.77. The molecule has 18 rings (SSSR count). The molecule has 145 heavy (non-hydrogen) atoms. The van der Waals surface area contributed by atoms with Crippen molar-refractivity contribution >= 4 is 103 Å². The molecule has 3 atom stereocenters. The molecule has 0 aliphatic carbocycles. The number of hydrogen-bond donors (Lipinski definition) is 12. The number of aromatic nitrogens is 3. The molecule has 0 aliphatic rings. The van der Waals surface area contributed by atoms with Crippen LogP contribution < -0.4 is 47.9 Å². The first-order valence-electron chi connectivity index (χ1n) is 49.0. The number of amides is 9. The summed E-state index contributed by atoms with van der Waals surface area (Å²) in [6.45, 7) is 5.71. The Morgan fingerprint density at radius 3 is 0.614 bits per heavy atom. The van der Waals surface area contributed by atoms with Crippen LogP contribution in [-0.2, 0) is 79.0 Å². The monoisotopic (exact) mass is 1910 g/mol. The lowest BCUT2D eigenvalue weighted by molar-refractivity contribution is -0.127. The average Bonchev–Trinajstić information content (AvgIpc) is 1.68. The van der Waals surface area contributed by atoms with Crippen molar-refractivity contribution in [3.05, 3.63) is 519 Å². The van der Waals surface area contributed by atoms with E-state index in [0.717, 1.165) is 133 Å². The second-order valence-corrected chi connectivity index (χ2v) is 36.8. The van der Waals surface area contributed by atoms with Crippen LogP contribution in [0.25, 0.3) is 32.7 Å². The zero-order valence-corrected chi connectivity index (χ0v) is 80.7. The Bertz CT molecular complexity index is 6600. The SMILES string of the molecule is Cc1[nH]c2ccccc2c1CC(=O)N[C@@H](CCC(=O)NC(c1ccccc1)(c1ccccc1)c1ccccc1)C(=O)Nc1ccc(C(c2ccc(NC(=O)[C@H](CCC(=O)NC(c3ccccc3)(c3ccccc3)c3ccccc3)NC(=O)Cc3c(C)[nH]c4ccccc34)cc2)c2ccc(NC(=O)[C@H](CCC(=O)NC(c3ccccc3)(c3ccccc3)c3ccccc3)NC(=O)Cc3c(C)[nH]c4ccccc34)cc2)cc1. The van der Waals surface area contributed by atoms with E-state index in [-0.39, 0.29) is 75.5 Å². The quantitative estimate of drug-likeness (QED) is 0.0163. The van der Waals surface area contributed by atoms with Crippen LogP contribution in [0.2, 0.25) is 0 Å². The fourth-order valence-corrected chi connectivity index (χ4v) is 20.2. The van der Waals surface area contributed by atoms with Gasteiger partial charge in [0.1, 0.15) is 34.7 Å². The number of nitrogens with one attached hydrogen (secondary N) is 12. The third-order valence-corrected chi connectivity index (χ3v) is 27.4. The largest absolute Gasteiger partial charge is 0.358 e. The Morgan fingerprint density at radius 1 is 0.228 bits per heavy atom. The summed E-state index contributed by atoms with van der Waals surface area (Å²) < 4.78 is 0. The number of carbonyl (C=O) groups is 9. The predicted octanol–water partition coefficient (Wildman–Crippen LogP) is 20.9. The van der Waals surface area contributed by atoms with Crippen molar-refractivity contribution in [2.45, 2.75) is 119 Å². The van der Waals surface area contributed by atoms with E-state index in [0.29, 0.717) is 17.1 Å². The maximum absolute atomic E-state index is 15.3. The number of hydrogen-bond acceptors (Lipinski definition) is 9. The van der Waals surface area contributed by atoms with Gasteiger partial charge in [-0.15, -0.1) is 0 Å². The molecule has 0 unspecified atom stereocenters. The summed E-state index contributed by atoms with van der Waals surface area (Å²) >= 11 is 0. The van der Waals surface area contributed by atoms with Crippen LogP contribution in [0.1, 0.15) is 145 Å². The van der Waals surface area contributed by atoms with Crippen molar-refractivity contribution in [2.24, 2.45) is 0 Å². The second kappa shape index (κ2) is 44.7. The van der Waals surface area contributed by atoms with E-state index < -0.39 is 76.1 Å². The molecule has 0 fully saturated rings. The predicted molar refractivity (Wildman–Crippen MR) is 572 cm³/mol. The first-order valence-corrected chi connectivity index (χ1v) is 49.0. The number of rotatable bonds is 39. The van der Waals surface area contributed by atoms with Gasteiger partial charge in [0.25, 0.3) is 0 Å². The smallest absolute Gasteiger partial charge is 0.246 e. The highest BCUT2D eigenvalue weighted by Gasteiger charge is 2.43. The summed E-state index contributed by atoms with van der Waals surface area (Å²) in [5, 5.41) is 31.3. The zero-order chi connectivity index (χ0) is 100. The van der Waals surface area contributed by atoms with E-state index in [9.17, 15) is 14.4 Å². The van der Waals surface area contributed by atoms with Gasteiger partial charge < -0.3 is 62.8 Å². The number of aromatic amines is 3. The van der Waals surface area contributed by atoms with Crippen molar-refractivity contribution in [2.75, 3.05) is 16.0 Å². The Morgan fingerprint density at radius 2 is 0.414 bits per heavy atom. The van der Waals surface area contributed by atoms with Crippen LogP contribution in [0.3, 0.4) is 0 Å². The number of anilines is 3. The molecule has 722 valence electrons. The van der Waals surface area contributed by atoms with E-state index >= 15 is 28.8 Å². The van der Waals surface area contributed by atoms with Crippen molar-refractivity contribution in [3.63, 3.8) is 0 Å². The van der Waals surface area contributed by atoms with Gasteiger partial charge in [-0.25, -0.2) is 0 Å². The summed E-state index contributed by atoms with van der Waals surface area (Å²) in [6.07, 6.45) is -1.06. The van der Waals surface area contributed by atoms with Crippen molar-refractivity contribution in [1.29, 1.82) is 0 Å². The van der Waals surface area contributed by atoms with Crippen LogP contribution in [-0.4, -0.2) is 86.2 Å². The maximum Gasteiger partial charge on any atom is 0.246 e. The van der Waals surface area contributed by atoms with Gasteiger partial charge in [-0.05, 0) is 178 Å². The minimum Gasteiger partial charge on any atom is -0.358 e. The van der Waals surface area contributed by atoms with E-state index in [1.165, 1.54) is 0 Å². The molecule has 0 spiro atoms. The number of aryl methyl sites for hydroxylation is 3. The molecule has 15 aromatic carbocycles. The molecule has 0 aliphatic heterocycles. The summed E-state index contributed by atoms with van der Waals surface area (Å²) in [6, 6.07) is 129. The van der Waals surface area contributed by atoms with Crippen molar-refractivity contribution in [1.82, 2.24) is 46.9 Å². The Labute approximate surface area is 842 Å². The molecule has 21 nitrogen and oxygen atoms in total. The molecular formula is C124H112N12O9. The van der Waals surface area contributed by atoms with Gasteiger partial charge in [0.2, 0.25) is 53.2 Å². The van der Waals surface area contributed by atoms with E-state index in [2.05, 4.69) is 62.8 Å². The molecule has 0 saturated heterocycles. The molecule has 18 aromatic rings. The third kappa shape index (κ3) is 22.0. The fraction of sp³-hybridized carbons (Fsp3) is 0.153. The van der Waals surface area contributed by atoms with E-state index in [1.54, 1.807) is 36.4 Å². The minimum atomic E-state index is -1.23. The molecule has 21 heteroatoms. The molecule has 12 N–H and O–H groups in total. The van der Waals surface area contributed by atoms with Crippen LogP contribution in [0.5, 0.6) is 0 Å². The number of para-hydroxylation sites is 3. The highest BCUT2D eigenvalue weighted by atomic mass is 16.2. The van der Waals surface area contributed by atoms with E-state index in [1.807, 2.05) is 403 Å². The summed E-state index contributed by atoms with van der Waals surface area (Å²) in [5.74, 6) is -4.78. The van der Waals surface area contributed by atoms with Gasteiger partial charge in [-0.3, -0.25) is 43.2 Å². The molecule has 3 aromatic heterocycles. The number of benzene rings is 15. The van der Waals surface area contributed by atoms with Gasteiger partial charge in [0, 0.05) is 92.0 Å². The van der Waals surface area contributed by atoms with Gasteiger partial charge >= 0.3 is 0 Å². The average molecular weight is 1910 g/mol. The molecule has 9 amide bonds. The first kappa shape index (κ1) is 97.4. The van der Waals surface area contributed by atoms with Crippen molar-refractivity contribution in [3.8, 4) is 0 Å². The maximum atomic E-state index is 15.3. The van der Waals surface area contributed by atoms with Crippen LogP contribution in [0, 0.1) is 20.8 Å². The highest BCUT2D eigenvalue weighted by Crippen LogP contribution is 2.43. The Balaban J connectivity index is 0.654.